The van der Waals surface area contributed by atoms with E-state index in [0.29, 0.717) is 6.04 Å². The fraction of sp³-hybridized carbons (Fsp3) is 0.786. The lowest BCUT2D eigenvalue weighted by Gasteiger charge is -2.14. The van der Waals surface area contributed by atoms with Gasteiger partial charge in [-0.05, 0) is 39.2 Å². The molecule has 1 atom stereocenters. The maximum absolute atomic E-state index is 4.72. The molecule has 1 aliphatic carbocycles. The first-order valence-corrected chi connectivity index (χ1v) is 7.40. The van der Waals surface area contributed by atoms with Gasteiger partial charge in [-0.3, -0.25) is 0 Å². The molecular weight excluding hydrogens is 228 g/mol. The summed E-state index contributed by atoms with van der Waals surface area (Å²) < 4.78 is 0. The first-order valence-electron chi connectivity index (χ1n) is 6.59. The Kier molecular flexibility index (Phi) is 3.60. The lowest BCUT2D eigenvalue weighted by atomic mass is 9.98. The molecule has 0 bridgehead atoms. The van der Waals surface area contributed by atoms with E-state index in [2.05, 4.69) is 39.9 Å². The third-order valence-electron chi connectivity index (χ3n) is 3.28. The van der Waals surface area contributed by atoms with Crippen molar-refractivity contribution in [1.82, 2.24) is 10.3 Å². The smallest absolute Gasteiger partial charge is 0.0985 e. The number of hydrogen-bond donors (Lipinski definition) is 1. The van der Waals surface area contributed by atoms with Crippen LogP contribution in [0.25, 0.3) is 0 Å². The van der Waals surface area contributed by atoms with Gasteiger partial charge in [0.25, 0.3) is 0 Å². The summed E-state index contributed by atoms with van der Waals surface area (Å²) in [7, 11) is 0. The minimum atomic E-state index is 0.171. The maximum atomic E-state index is 4.72. The second-order valence-corrected chi connectivity index (χ2v) is 7.32. The van der Waals surface area contributed by atoms with Crippen LogP contribution in [0.2, 0.25) is 0 Å². The summed E-state index contributed by atoms with van der Waals surface area (Å²) in [5.41, 5.74) is 1.37. The molecule has 17 heavy (non-hydrogen) atoms. The summed E-state index contributed by atoms with van der Waals surface area (Å²) in [5, 5.41) is 4.89. The van der Waals surface area contributed by atoms with Crippen molar-refractivity contribution >= 4 is 11.3 Å². The fourth-order valence-electron chi connectivity index (χ4n) is 1.89. The van der Waals surface area contributed by atoms with Crippen LogP contribution in [0, 0.1) is 12.8 Å². The molecule has 0 aliphatic heterocycles. The highest BCUT2D eigenvalue weighted by Gasteiger charge is 2.24. The molecule has 3 heteroatoms. The van der Waals surface area contributed by atoms with Gasteiger partial charge in [0.2, 0.25) is 0 Å². The molecule has 1 aliphatic rings. The normalized spacial score (nSPS) is 18.4. The summed E-state index contributed by atoms with van der Waals surface area (Å²) in [5.74, 6) is 0.938. The fourth-order valence-corrected chi connectivity index (χ4v) is 3.04. The summed E-state index contributed by atoms with van der Waals surface area (Å²) in [6.07, 6.45) is 2.82. The molecule has 1 unspecified atom stereocenters. The van der Waals surface area contributed by atoms with Gasteiger partial charge in [-0.25, -0.2) is 4.98 Å². The lowest BCUT2D eigenvalue weighted by Crippen LogP contribution is -2.20. The number of hydrogen-bond acceptors (Lipinski definition) is 3. The molecule has 0 amide bonds. The Morgan fingerprint density at radius 1 is 1.41 bits per heavy atom. The molecule has 0 saturated heterocycles. The molecule has 1 fully saturated rings. The van der Waals surface area contributed by atoms with Crippen molar-refractivity contribution in [2.45, 2.75) is 58.9 Å². The Hall–Kier alpha value is -0.410. The maximum Gasteiger partial charge on any atom is 0.0985 e. The topological polar surface area (TPSA) is 24.9 Å². The van der Waals surface area contributed by atoms with Gasteiger partial charge in [-0.15, -0.1) is 11.3 Å². The first kappa shape index (κ1) is 13.0. The van der Waals surface area contributed by atoms with E-state index < -0.39 is 0 Å². The average Bonchev–Trinajstić information content (AvgIpc) is 2.95. The van der Waals surface area contributed by atoms with Crippen LogP contribution < -0.4 is 5.32 Å². The highest BCUT2D eigenvalue weighted by Crippen LogP contribution is 2.33. The highest BCUT2D eigenvalue weighted by molar-refractivity contribution is 7.12. The largest absolute Gasteiger partial charge is 0.309 e. The van der Waals surface area contributed by atoms with E-state index in [4.69, 9.17) is 4.98 Å². The van der Waals surface area contributed by atoms with Crippen molar-refractivity contribution in [2.24, 2.45) is 5.92 Å². The van der Waals surface area contributed by atoms with Gasteiger partial charge in [0.05, 0.1) is 10.7 Å². The minimum absolute atomic E-state index is 0.171. The SMILES string of the molecule is Cc1nc(C(C)(C)C)sc1C(C)NCC1CC1. The molecule has 1 N–H and O–H groups in total. The van der Waals surface area contributed by atoms with Gasteiger partial charge in [0.15, 0.2) is 0 Å². The quantitative estimate of drug-likeness (QED) is 0.881. The van der Waals surface area contributed by atoms with Crippen LogP contribution in [0.5, 0.6) is 0 Å². The molecule has 0 radical (unpaired) electrons. The van der Waals surface area contributed by atoms with Gasteiger partial charge in [0, 0.05) is 16.3 Å². The predicted molar refractivity (Wildman–Crippen MR) is 74.7 cm³/mol. The number of nitrogens with zero attached hydrogens (tertiary/aromatic N) is 1. The van der Waals surface area contributed by atoms with E-state index in [9.17, 15) is 0 Å². The van der Waals surface area contributed by atoms with Gasteiger partial charge in [0.1, 0.15) is 0 Å². The second kappa shape index (κ2) is 4.69. The Bertz CT molecular complexity index is 385. The zero-order chi connectivity index (χ0) is 12.6. The van der Waals surface area contributed by atoms with Crippen LogP contribution in [0.3, 0.4) is 0 Å². The molecule has 2 rings (SSSR count). The molecule has 1 aromatic rings. The Morgan fingerprint density at radius 2 is 2.06 bits per heavy atom. The van der Waals surface area contributed by atoms with Crippen molar-refractivity contribution in [3.63, 3.8) is 0 Å². The van der Waals surface area contributed by atoms with Crippen molar-refractivity contribution in [3.8, 4) is 0 Å². The van der Waals surface area contributed by atoms with Crippen molar-refractivity contribution < 1.29 is 0 Å². The van der Waals surface area contributed by atoms with Gasteiger partial charge < -0.3 is 5.32 Å². The van der Waals surface area contributed by atoms with E-state index >= 15 is 0 Å². The number of nitrogens with one attached hydrogen (secondary N) is 1. The third kappa shape index (κ3) is 3.29. The molecule has 1 aromatic heterocycles. The molecule has 0 aromatic carbocycles. The predicted octanol–water partition coefficient (Wildman–Crippen LogP) is 3.81. The summed E-state index contributed by atoms with van der Waals surface area (Å²) >= 11 is 1.87. The van der Waals surface area contributed by atoms with Gasteiger partial charge in [-0.2, -0.15) is 0 Å². The van der Waals surface area contributed by atoms with Crippen LogP contribution in [0.1, 0.15) is 62.2 Å². The number of aromatic nitrogens is 1. The summed E-state index contributed by atoms with van der Waals surface area (Å²) in [6, 6.07) is 0.448. The molecular formula is C14H24N2S. The van der Waals surface area contributed by atoms with Crippen molar-refractivity contribution in [2.75, 3.05) is 6.54 Å². The van der Waals surface area contributed by atoms with Crippen LogP contribution in [0.4, 0.5) is 0 Å². The number of rotatable bonds is 4. The monoisotopic (exact) mass is 252 g/mol. The van der Waals surface area contributed by atoms with E-state index in [1.165, 1.54) is 35.0 Å². The zero-order valence-corrected chi connectivity index (χ0v) is 12.4. The average molecular weight is 252 g/mol. The summed E-state index contributed by atoms with van der Waals surface area (Å²) in [4.78, 5) is 6.14. The van der Waals surface area contributed by atoms with Crippen LogP contribution in [-0.4, -0.2) is 11.5 Å². The molecule has 2 nitrogen and oxygen atoms in total. The van der Waals surface area contributed by atoms with Gasteiger partial charge >= 0.3 is 0 Å². The number of thiazole rings is 1. The molecule has 0 spiro atoms. The van der Waals surface area contributed by atoms with E-state index in [1.54, 1.807) is 0 Å². The van der Waals surface area contributed by atoms with Crippen molar-refractivity contribution in [1.29, 1.82) is 0 Å². The number of aryl methyl sites for hydroxylation is 1. The van der Waals surface area contributed by atoms with Gasteiger partial charge in [-0.1, -0.05) is 20.8 Å². The second-order valence-electron chi connectivity index (χ2n) is 6.29. The molecule has 1 heterocycles. The van der Waals surface area contributed by atoms with Crippen molar-refractivity contribution in [3.05, 3.63) is 15.6 Å². The van der Waals surface area contributed by atoms with E-state index in [-0.39, 0.29) is 5.41 Å². The zero-order valence-electron chi connectivity index (χ0n) is 11.6. The van der Waals surface area contributed by atoms with E-state index in [0.717, 1.165) is 5.92 Å². The first-order chi connectivity index (χ1) is 7.88. The van der Waals surface area contributed by atoms with E-state index in [1.807, 2.05) is 11.3 Å². The molecule has 1 saturated carbocycles. The molecule has 96 valence electrons. The Balaban J connectivity index is 2.05. The third-order valence-corrected chi connectivity index (χ3v) is 5.04. The Labute approximate surface area is 109 Å². The standard InChI is InChI=1S/C14H24N2S/c1-9(15-8-11-6-7-11)12-10(2)16-13(17-12)14(3,4)5/h9,11,15H,6-8H2,1-5H3. The van der Waals surface area contributed by atoms with Crippen LogP contribution >= 0.6 is 11.3 Å². The van der Waals surface area contributed by atoms with Crippen LogP contribution in [-0.2, 0) is 5.41 Å². The highest BCUT2D eigenvalue weighted by atomic mass is 32.1. The summed E-state index contributed by atoms with van der Waals surface area (Å²) in [6.45, 7) is 12.3. The minimum Gasteiger partial charge on any atom is -0.309 e. The lowest BCUT2D eigenvalue weighted by molar-refractivity contribution is 0.552. The van der Waals surface area contributed by atoms with Crippen LogP contribution in [0.15, 0.2) is 0 Å². The Morgan fingerprint density at radius 3 is 2.53 bits per heavy atom.